The lowest BCUT2D eigenvalue weighted by Gasteiger charge is -2.21. The van der Waals surface area contributed by atoms with Gasteiger partial charge in [0.15, 0.2) is 0 Å². The molecule has 0 heterocycles. The first kappa shape index (κ1) is 26.2. The number of carbonyl (C=O) groups excluding carboxylic acids is 2. The first-order chi connectivity index (χ1) is 16.8. The minimum atomic E-state index is -1.08. The Bertz CT molecular complexity index is 994. The molecule has 35 heavy (non-hydrogen) atoms. The quantitative estimate of drug-likeness (QED) is 0.422. The molecule has 3 rings (SSSR count). The van der Waals surface area contributed by atoms with Gasteiger partial charge in [-0.2, -0.15) is 0 Å². The van der Waals surface area contributed by atoms with E-state index in [0.29, 0.717) is 6.42 Å². The summed E-state index contributed by atoms with van der Waals surface area (Å²) in [4.78, 5) is 36.4. The van der Waals surface area contributed by atoms with Crippen LogP contribution in [0.3, 0.4) is 0 Å². The number of hydrogen-bond donors (Lipinski definition) is 3. The number of carboxylic acid groups (broad SMARTS) is 1. The van der Waals surface area contributed by atoms with Gasteiger partial charge >= 0.3 is 12.1 Å². The van der Waals surface area contributed by atoms with Crippen LogP contribution in [0.2, 0.25) is 0 Å². The van der Waals surface area contributed by atoms with E-state index in [1.165, 1.54) is 7.11 Å². The number of amides is 2. The number of carbonyl (C=O) groups is 3. The second kappa shape index (κ2) is 12.4. The van der Waals surface area contributed by atoms with E-state index >= 15 is 0 Å². The van der Waals surface area contributed by atoms with Crippen molar-refractivity contribution in [1.29, 1.82) is 0 Å². The maximum Gasteiger partial charge on any atom is 0.407 e. The molecule has 0 aromatic heterocycles. The van der Waals surface area contributed by atoms with Gasteiger partial charge in [0.2, 0.25) is 5.91 Å². The molecule has 0 saturated heterocycles. The van der Waals surface area contributed by atoms with E-state index in [-0.39, 0.29) is 31.4 Å². The molecule has 1 aliphatic carbocycles. The summed E-state index contributed by atoms with van der Waals surface area (Å²) < 4.78 is 10.7. The molecular formula is C27H34N2O6. The van der Waals surface area contributed by atoms with Gasteiger partial charge < -0.3 is 25.2 Å². The van der Waals surface area contributed by atoms with Crippen molar-refractivity contribution >= 4 is 18.0 Å². The zero-order valence-corrected chi connectivity index (χ0v) is 20.5. The third kappa shape index (κ3) is 6.60. The molecule has 8 heteroatoms. The lowest BCUT2D eigenvalue weighted by Crippen LogP contribution is -2.47. The largest absolute Gasteiger partial charge is 0.480 e. The normalized spacial score (nSPS) is 14.8. The van der Waals surface area contributed by atoms with Crippen molar-refractivity contribution in [1.82, 2.24) is 10.6 Å². The lowest BCUT2D eigenvalue weighted by molar-refractivity contribution is -0.144. The van der Waals surface area contributed by atoms with Gasteiger partial charge in [0.05, 0.1) is 0 Å². The molecule has 0 saturated carbocycles. The highest BCUT2D eigenvalue weighted by molar-refractivity contribution is 5.86. The van der Waals surface area contributed by atoms with Crippen molar-refractivity contribution in [3.8, 4) is 11.1 Å². The molecule has 0 spiro atoms. The molecule has 1 aliphatic rings. The summed E-state index contributed by atoms with van der Waals surface area (Å²) in [7, 11) is 1.38. The third-order valence-corrected chi connectivity index (χ3v) is 6.55. The molecule has 8 nitrogen and oxygen atoms in total. The van der Waals surface area contributed by atoms with E-state index in [2.05, 4.69) is 34.9 Å². The number of hydrogen-bond acceptors (Lipinski definition) is 5. The highest BCUT2D eigenvalue weighted by atomic mass is 16.5. The zero-order valence-electron chi connectivity index (χ0n) is 20.5. The summed E-state index contributed by atoms with van der Waals surface area (Å²) in [5, 5.41) is 14.6. The number of methoxy groups -OCH3 is 1. The Labute approximate surface area is 206 Å². The first-order valence-corrected chi connectivity index (χ1v) is 12.0. The highest BCUT2D eigenvalue weighted by Crippen LogP contribution is 2.44. The molecule has 0 bridgehead atoms. The Morgan fingerprint density at radius 2 is 1.63 bits per heavy atom. The van der Waals surface area contributed by atoms with Gasteiger partial charge in [-0.1, -0.05) is 68.8 Å². The molecule has 0 radical (unpaired) electrons. The molecule has 2 aromatic rings. The van der Waals surface area contributed by atoms with Crippen LogP contribution in [0, 0.1) is 5.92 Å². The molecule has 0 aliphatic heterocycles. The zero-order chi connectivity index (χ0) is 25.4. The Morgan fingerprint density at radius 1 is 1.03 bits per heavy atom. The Balaban J connectivity index is 1.48. The maximum atomic E-state index is 12.5. The second-order valence-electron chi connectivity index (χ2n) is 8.91. The van der Waals surface area contributed by atoms with E-state index in [0.717, 1.165) is 28.7 Å². The van der Waals surface area contributed by atoms with Crippen LogP contribution in [0.15, 0.2) is 48.5 Å². The maximum absolute atomic E-state index is 12.5. The summed E-state index contributed by atoms with van der Waals surface area (Å²) in [6.45, 7) is 4.25. The molecule has 2 aromatic carbocycles. The first-order valence-electron chi connectivity index (χ1n) is 12.0. The van der Waals surface area contributed by atoms with Crippen molar-refractivity contribution in [3.63, 3.8) is 0 Å². The Morgan fingerprint density at radius 3 is 2.17 bits per heavy atom. The highest BCUT2D eigenvalue weighted by Gasteiger charge is 2.29. The Hall–Kier alpha value is -3.39. The number of alkyl carbamates (subject to hydrolysis) is 1. The van der Waals surface area contributed by atoms with Crippen LogP contribution < -0.4 is 10.6 Å². The predicted octanol–water partition coefficient (Wildman–Crippen LogP) is 3.94. The van der Waals surface area contributed by atoms with E-state index in [4.69, 9.17) is 9.47 Å². The van der Waals surface area contributed by atoms with Gasteiger partial charge in [-0.05, 0) is 34.6 Å². The van der Waals surface area contributed by atoms with Crippen LogP contribution in [0.5, 0.6) is 0 Å². The molecule has 3 unspecified atom stereocenters. The topological polar surface area (TPSA) is 114 Å². The number of fused-ring (bicyclic) bond motifs is 3. The lowest BCUT2D eigenvalue weighted by atomic mass is 9.98. The molecule has 2 amide bonds. The molecule has 3 N–H and O–H groups in total. The fourth-order valence-electron chi connectivity index (χ4n) is 4.37. The van der Waals surface area contributed by atoms with Crippen molar-refractivity contribution in [2.45, 2.75) is 51.2 Å². The van der Waals surface area contributed by atoms with E-state index in [9.17, 15) is 19.5 Å². The predicted molar refractivity (Wildman–Crippen MR) is 132 cm³/mol. The van der Waals surface area contributed by atoms with Gasteiger partial charge in [-0.25, -0.2) is 9.59 Å². The number of carboxylic acids is 1. The standard InChI is InChI=1S/C27H34N2O6/c1-4-17(2)15-23(26(31)32)29-25(30)24(34-3)13-14-28-27(33)35-16-22-20-11-7-5-9-18(20)19-10-6-8-12-21(19)22/h5-12,17,22-24H,4,13-16H2,1-3H3,(H,28,33)(H,29,30)(H,31,32). The summed E-state index contributed by atoms with van der Waals surface area (Å²) in [6, 6.07) is 15.2. The molecule has 188 valence electrons. The second-order valence-corrected chi connectivity index (χ2v) is 8.91. The van der Waals surface area contributed by atoms with Crippen LogP contribution in [0.4, 0.5) is 4.79 Å². The fourth-order valence-corrected chi connectivity index (χ4v) is 4.37. The number of nitrogens with one attached hydrogen (secondary N) is 2. The van der Waals surface area contributed by atoms with E-state index in [1.54, 1.807) is 0 Å². The monoisotopic (exact) mass is 482 g/mol. The van der Waals surface area contributed by atoms with Gasteiger partial charge in [-0.3, -0.25) is 4.79 Å². The van der Waals surface area contributed by atoms with Crippen molar-refractivity contribution in [3.05, 3.63) is 59.7 Å². The number of benzene rings is 2. The molecule has 0 fully saturated rings. The van der Waals surface area contributed by atoms with Crippen molar-refractivity contribution in [2.75, 3.05) is 20.3 Å². The number of aliphatic carboxylic acids is 1. The van der Waals surface area contributed by atoms with Gasteiger partial charge in [0.25, 0.3) is 0 Å². The van der Waals surface area contributed by atoms with Crippen LogP contribution in [0.1, 0.15) is 50.2 Å². The molecule has 3 atom stereocenters. The van der Waals surface area contributed by atoms with Gasteiger partial charge in [0.1, 0.15) is 18.8 Å². The van der Waals surface area contributed by atoms with Crippen LogP contribution in [0.25, 0.3) is 11.1 Å². The van der Waals surface area contributed by atoms with Crippen LogP contribution in [-0.2, 0) is 19.1 Å². The van der Waals surface area contributed by atoms with Crippen LogP contribution >= 0.6 is 0 Å². The van der Waals surface area contributed by atoms with Crippen molar-refractivity contribution in [2.24, 2.45) is 5.92 Å². The minimum absolute atomic E-state index is 0.0379. The number of ether oxygens (including phenoxy) is 2. The summed E-state index contributed by atoms with van der Waals surface area (Å²) in [5.41, 5.74) is 4.56. The van der Waals surface area contributed by atoms with Gasteiger partial charge in [-0.15, -0.1) is 0 Å². The SMILES string of the molecule is CCC(C)CC(NC(=O)C(CCNC(=O)OCC1c2ccccc2-c2ccccc21)OC)C(=O)O. The summed E-state index contributed by atoms with van der Waals surface area (Å²) >= 11 is 0. The Kier molecular flexibility index (Phi) is 9.25. The summed E-state index contributed by atoms with van der Waals surface area (Å²) in [6.07, 6.45) is -0.129. The smallest absolute Gasteiger partial charge is 0.407 e. The fraction of sp³-hybridized carbons (Fsp3) is 0.444. The third-order valence-electron chi connectivity index (χ3n) is 6.55. The van der Waals surface area contributed by atoms with Crippen molar-refractivity contribution < 1.29 is 29.0 Å². The van der Waals surface area contributed by atoms with Crippen LogP contribution in [-0.4, -0.2) is 55.5 Å². The molecular weight excluding hydrogens is 448 g/mol. The average Bonchev–Trinajstić information content (AvgIpc) is 3.18. The summed E-state index contributed by atoms with van der Waals surface area (Å²) in [5.74, 6) is -1.47. The average molecular weight is 483 g/mol. The van der Waals surface area contributed by atoms with E-state index in [1.807, 2.05) is 38.1 Å². The van der Waals surface area contributed by atoms with Gasteiger partial charge in [0, 0.05) is 26.0 Å². The minimum Gasteiger partial charge on any atom is -0.480 e. The van der Waals surface area contributed by atoms with E-state index < -0.39 is 30.1 Å². The number of rotatable bonds is 12.